The summed E-state index contributed by atoms with van der Waals surface area (Å²) in [5.74, 6) is -0.421. The Morgan fingerprint density at radius 2 is 1.41 bits per heavy atom. The molecule has 5 heteroatoms. The Labute approximate surface area is 189 Å². The van der Waals surface area contributed by atoms with Gasteiger partial charge in [0, 0.05) is 32.0 Å². The number of rotatable bonds is 9. The predicted molar refractivity (Wildman–Crippen MR) is 125 cm³/mol. The first-order valence-corrected chi connectivity index (χ1v) is 11.0. The van der Waals surface area contributed by atoms with E-state index in [1.54, 1.807) is 12.4 Å². The van der Waals surface area contributed by atoms with Gasteiger partial charge in [-0.2, -0.15) is 0 Å². The zero-order valence-electron chi connectivity index (χ0n) is 18.3. The number of pyridine rings is 1. The highest BCUT2D eigenvalue weighted by Crippen LogP contribution is 2.31. The minimum atomic E-state index is -0.213. The van der Waals surface area contributed by atoms with Gasteiger partial charge in [-0.25, -0.2) is 0 Å². The van der Waals surface area contributed by atoms with Crippen LogP contribution in [-0.4, -0.2) is 46.2 Å². The Morgan fingerprint density at radius 3 is 2.06 bits per heavy atom. The van der Waals surface area contributed by atoms with Crippen molar-refractivity contribution in [2.45, 2.75) is 19.8 Å². The summed E-state index contributed by atoms with van der Waals surface area (Å²) in [4.78, 5) is 34.5. The first-order chi connectivity index (χ1) is 15.7. The maximum atomic E-state index is 13.5. The molecule has 2 heterocycles. The zero-order chi connectivity index (χ0) is 22.3. The molecule has 0 radical (unpaired) electrons. The van der Waals surface area contributed by atoms with Crippen LogP contribution in [0.5, 0.6) is 0 Å². The number of nitrogens with zero attached hydrogens (tertiary/aromatic N) is 3. The van der Waals surface area contributed by atoms with Crippen LogP contribution in [0.15, 0.2) is 90.9 Å². The van der Waals surface area contributed by atoms with Gasteiger partial charge in [-0.05, 0) is 48.6 Å². The van der Waals surface area contributed by atoms with Crippen LogP contribution in [0.25, 0.3) is 5.57 Å². The predicted octanol–water partition coefficient (Wildman–Crippen LogP) is 3.97. The van der Waals surface area contributed by atoms with E-state index in [0.29, 0.717) is 37.3 Å². The minimum Gasteiger partial charge on any atom is -0.366 e. The molecule has 0 fully saturated rings. The first-order valence-electron chi connectivity index (χ1n) is 11.0. The molecule has 0 unspecified atom stereocenters. The van der Waals surface area contributed by atoms with Crippen LogP contribution in [0.4, 0.5) is 0 Å². The standard InChI is InChI=1S/C27H27N3O2/c1-2-29(19-15-22-13-17-28-18-14-22)25-24(23-11-7-4-8-12-23)26(31)30(27(25)32)20-16-21-9-5-3-6-10-21/h3-14,17-18H,2,15-16,19-20H2,1H3. The molecule has 2 aromatic carbocycles. The van der Waals surface area contributed by atoms with Crippen LogP contribution >= 0.6 is 0 Å². The maximum Gasteiger partial charge on any atom is 0.277 e. The molecule has 0 saturated carbocycles. The van der Waals surface area contributed by atoms with E-state index >= 15 is 0 Å². The second kappa shape index (κ2) is 10.1. The van der Waals surface area contributed by atoms with Gasteiger partial charge < -0.3 is 4.90 Å². The van der Waals surface area contributed by atoms with Crippen molar-refractivity contribution in [2.24, 2.45) is 0 Å². The van der Waals surface area contributed by atoms with E-state index in [4.69, 9.17) is 0 Å². The zero-order valence-corrected chi connectivity index (χ0v) is 18.3. The first kappa shape index (κ1) is 21.5. The fourth-order valence-corrected chi connectivity index (χ4v) is 4.05. The largest absolute Gasteiger partial charge is 0.366 e. The lowest BCUT2D eigenvalue weighted by atomic mass is 10.0. The van der Waals surface area contributed by atoms with E-state index in [9.17, 15) is 9.59 Å². The highest BCUT2D eigenvalue weighted by molar-refractivity contribution is 6.35. The summed E-state index contributed by atoms with van der Waals surface area (Å²) in [6, 6.07) is 23.4. The van der Waals surface area contributed by atoms with E-state index in [1.807, 2.05) is 84.6 Å². The number of benzene rings is 2. The van der Waals surface area contributed by atoms with Gasteiger partial charge in [-0.1, -0.05) is 60.7 Å². The molecule has 4 rings (SSSR count). The van der Waals surface area contributed by atoms with Crippen LogP contribution in [0.2, 0.25) is 0 Å². The number of imide groups is 1. The van der Waals surface area contributed by atoms with Crippen molar-refractivity contribution in [1.82, 2.24) is 14.8 Å². The third kappa shape index (κ3) is 4.62. The molecule has 162 valence electrons. The average Bonchev–Trinajstić information content (AvgIpc) is 3.09. The van der Waals surface area contributed by atoms with E-state index in [0.717, 1.165) is 23.1 Å². The van der Waals surface area contributed by atoms with Gasteiger partial charge in [0.2, 0.25) is 0 Å². The number of hydrogen-bond donors (Lipinski definition) is 0. The quantitative estimate of drug-likeness (QED) is 0.487. The lowest BCUT2D eigenvalue weighted by Gasteiger charge is -2.25. The van der Waals surface area contributed by atoms with Crippen molar-refractivity contribution < 1.29 is 9.59 Å². The van der Waals surface area contributed by atoms with Gasteiger partial charge in [-0.15, -0.1) is 0 Å². The van der Waals surface area contributed by atoms with Crippen LogP contribution in [0, 0.1) is 0 Å². The molecule has 1 aliphatic rings. The Kier molecular flexibility index (Phi) is 6.75. The molecular formula is C27H27N3O2. The van der Waals surface area contributed by atoms with Crippen molar-refractivity contribution in [3.05, 3.63) is 108 Å². The molecule has 0 atom stereocenters. The molecule has 0 saturated heterocycles. The highest BCUT2D eigenvalue weighted by atomic mass is 16.2. The van der Waals surface area contributed by atoms with Gasteiger partial charge in [0.05, 0.1) is 5.57 Å². The molecule has 0 aliphatic carbocycles. The van der Waals surface area contributed by atoms with E-state index in [2.05, 4.69) is 4.98 Å². The van der Waals surface area contributed by atoms with Crippen molar-refractivity contribution in [1.29, 1.82) is 0 Å². The van der Waals surface area contributed by atoms with Gasteiger partial charge in [0.15, 0.2) is 0 Å². The number of carbonyl (C=O) groups excluding carboxylic acids is 2. The number of likely N-dealkylation sites (N-methyl/N-ethyl adjacent to an activating group) is 1. The molecule has 0 N–H and O–H groups in total. The topological polar surface area (TPSA) is 53.5 Å². The van der Waals surface area contributed by atoms with Crippen molar-refractivity contribution in [3.63, 3.8) is 0 Å². The molecule has 5 nitrogen and oxygen atoms in total. The summed E-state index contributed by atoms with van der Waals surface area (Å²) in [5.41, 5.74) is 4.04. The van der Waals surface area contributed by atoms with Crippen LogP contribution in [-0.2, 0) is 22.4 Å². The number of carbonyl (C=O) groups is 2. The molecule has 0 bridgehead atoms. The third-order valence-electron chi connectivity index (χ3n) is 5.79. The molecule has 32 heavy (non-hydrogen) atoms. The lowest BCUT2D eigenvalue weighted by molar-refractivity contribution is -0.137. The SMILES string of the molecule is CCN(CCc1ccncc1)C1=C(c2ccccc2)C(=O)N(CCc2ccccc2)C1=O. The molecule has 1 aliphatic heterocycles. The summed E-state index contributed by atoms with van der Waals surface area (Å²) in [6.07, 6.45) is 4.95. The molecular weight excluding hydrogens is 398 g/mol. The normalized spacial score (nSPS) is 13.7. The minimum absolute atomic E-state index is 0.207. The number of amides is 2. The molecule has 0 spiro atoms. The average molecular weight is 426 g/mol. The maximum absolute atomic E-state index is 13.5. The number of aromatic nitrogens is 1. The molecule has 3 aromatic rings. The van der Waals surface area contributed by atoms with Gasteiger partial charge in [0.25, 0.3) is 11.8 Å². The van der Waals surface area contributed by atoms with Crippen molar-refractivity contribution >= 4 is 17.4 Å². The van der Waals surface area contributed by atoms with Crippen molar-refractivity contribution in [3.8, 4) is 0 Å². The van der Waals surface area contributed by atoms with Crippen LogP contribution in [0.3, 0.4) is 0 Å². The summed E-state index contributed by atoms with van der Waals surface area (Å²) >= 11 is 0. The second-order valence-electron chi connectivity index (χ2n) is 7.77. The molecule has 1 aromatic heterocycles. The Bertz CT molecular complexity index is 1100. The van der Waals surface area contributed by atoms with Gasteiger partial charge >= 0.3 is 0 Å². The summed E-state index contributed by atoms with van der Waals surface area (Å²) in [6.45, 7) is 3.68. The van der Waals surface area contributed by atoms with Crippen LogP contribution < -0.4 is 0 Å². The van der Waals surface area contributed by atoms with Crippen LogP contribution in [0.1, 0.15) is 23.6 Å². The fraction of sp³-hybridized carbons (Fsp3) is 0.222. The highest BCUT2D eigenvalue weighted by Gasteiger charge is 2.40. The Morgan fingerprint density at radius 1 is 0.781 bits per heavy atom. The summed E-state index contributed by atoms with van der Waals surface area (Å²) in [5, 5.41) is 0. The number of hydrogen-bond acceptors (Lipinski definition) is 4. The summed E-state index contributed by atoms with van der Waals surface area (Å²) < 4.78 is 0. The smallest absolute Gasteiger partial charge is 0.277 e. The lowest BCUT2D eigenvalue weighted by Crippen LogP contribution is -2.37. The van der Waals surface area contributed by atoms with Gasteiger partial charge in [-0.3, -0.25) is 19.5 Å². The monoisotopic (exact) mass is 425 g/mol. The summed E-state index contributed by atoms with van der Waals surface area (Å²) in [7, 11) is 0. The second-order valence-corrected chi connectivity index (χ2v) is 7.77. The van der Waals surface area contributed by atoms with E-state index < -0.39 is 0 Å². The fourth-order valence-electron chi connectivity index (χ4n) is 4.05. The van der Waals surface area contributed by atoms with E-state index in [-0.39, 0.29) is 11.8 Å². The van der Waals surface area contributed by atoms with Crippen molar-refractivity contribution in [2.75, 3.05) is 19.6 Å². The van der Waals surface area contributed by atoms with E-state index in [1.165, 1.54) is 4.90 Å². The Balaban J connectivity index is 1.62. The third-order valence-corrected chi connectivity index (χ3v) is 5.79. The van der Waals surface area contributed by atoms with Gasteiger partial charge in [0.1, 0.15) is 5.70 Å². The Hall–Kier alpha value is -3.73. The molecule has 2 amide bonds.